The van der Waals surface area contributed by atoms with E-state index >= 15 is 0 Å². The molecule has 1 N–H and O–H groups in total. The molecule has 0 aliphatic carbocycles. The summed E-state index contributed by atoms with van der Waals surface area (Å²) < 4.78 is 0. The van der Waals surface area contributed by atoms with Crippen LogP contribution in [0, 0.1) is 0 Å². The van der Waals surface area contributed by atoms with Crippen molar-refractivity contribution in [2.75, 3.05) is 26.2 Å². The van der Waals surface area contributed by atoms with Gasteiger partial charge in [0.2, 0.25) is 11.8 Å². The highest BCUT2D eigenvalue weighted by molar-refractivity contribution is 7.10. The highest BCUT2D eigenvalue weighted by Crippen LogP contribution is 2.23. The van der Waals surface area contributed by atoms with E-state index in [0.717, 1.165) is 29.5 Å². The summed E-state index contributed by atoms with van der Waals surface area (Å²) in [5, 5.41) is 5.61. The molecule has 0 radical (unpaired) electrons. The maximum atomic E-state index is 12.7. The van der Waals surface area contributed by atoms with Crippen molar-refractivity contribution in [3.8, 4) is 0 Å². The van der Waals surface area contributed by atoms with Crippen LogP contribution in [-0.2, 0) is 16.1 Å². The van der Waals surface area contributed by atoms with Gasteiger partial charge in [0.1, 0.15) is 0 Å². The van der Waals surface area contributed by atoms with Crippen molar-refractivity contribution in [3.63, 3.8) is 0 Å². The van der Waals surface area contributed by atoms with Crippen LogP contribution >= 0.6 is 22.9 Å². The molecule has 2 aromatic rings. The van der Waals surface area contributed by atoms with Gasteiger partial charge >= 0.3 is 0 Å². The molecule has 2 amide bonds. The molecule has 2 heterocycles. The van der Waals surface area contributed by atoms with Gasteiger partial charge in [-0.3, -0.25) is 14.5 Å². The van der Waals surface area contributed by atoms with Crippen molar-refractivity contribution >= 4 is 34.8 Å². The molecule has 144 valence electrons. The number of thiophene rings is 1. The molecule has 1 unspecified atom stereocenters. The van der Waals surface area contributed by atoms with Gasteiger partial charge in [-0.25, -0.2) is 0 Å². The summed E-state index contributed by atoms with van der Waals surface area (Å²) in [6.07, 6.45) is 0.303. The third-order valence-electron chi connectivity index (χ3n) is 4.69. The molecule has 0 bridgehead atoms. The SMILES string of the molecule is CC(=O)NC(CC(=O)N1CCN(Cc2ccc(Cl)cc2)CC1)c1cccs1. The number of carbonyl (C=O) groups excluding carboxylic acids is 2. The Kier molecular flexibility index (Phi) is 6.88. The average Bonchev–Trinajstić information content (AvgIpc) is 3.18. The van der Waals surface area contributed by atoms with Gasteiger partial charge in [0.25, 0.3) is 0 Å². The molecule has 0 spiro atoms. The van der Waals surface area contributed by atoms with Gasteiger partial charge < -0.3 is 10.2 Å². The fraction of sp³-hybridized carbons (Fsp3) is 0.400. The van der Waals surface area contributed by atoms with Crippen LogP contribution < -0.4 is 5.32 Å². The number of carbonyl (C=O) groups is 2. The van der Waals surface area contributed by atoms with E-state index in [2.05, 4.69) is 10.2 Å². The predicted molar refractivity (Wildman–Crippen MR) is 109 cm³/mol. The van der Waals surface area contributed by atoms with Gasteiger partial charge in [-0.1, -0.05) is 29.8 Å². The number of nitrogens with zero attached hydrogens (tertiary/aromatic N) is 2. The first kappa shape index (κ1) is 19.9. The van der Waals surface area contributed by atoms with Crippen LogP contribution in [0.15, 0.2) is 41.8 Å². The zero-order chi connectivity index (χ0) is 19.2. The smallest absolute Gasteiger partial charge is 0.225 e. The number of hydrogen-bond acceptors (Lipinski definition) is 4. The van der Waals surface area contributed by atoms with Gasteiger partial charge in [0, 0.05) is 49.5 Å². The maximum absolute atomic E-state index is 12.7. The highest BCUT2D eigenvalue weighted by atomic mass is 35.5. The van der Waals surface area contributed by atoms with E-state index in [1.807, 2.05) is 46.7 Å². The van der Waals surface area contributed by atoms with Crippen molar-refractivity contribution < 1.29 is 9.59 Å². The lowest BCUT2D eigenvalue weighted by Crippen LogP contribution is -2.49. The second-order valence-corrected chi connectivity index (χ2v) is 8.17. The minimum Gasteiger partial charge on any atom is -0.348 e. The van der Waals surface area contributed by atoms with Crippen molar-refractivity contribution in [3.05, 3.63) is 57.2 Å². The lowest BCUT2D eigenvalue weighted by atomic mass is 10.1. The molecular weight excluding hydrogens is 382 g/mol. The molecule has 1 atom stereocenters. The fourth-order valence-corrected chi connectivity index (χ4v) is 4.17. The van der Waals surface area contributed by atoms with Crippen LogP contribution in [-0.4, -0.2) is 47.8 Å². The average molecular weight is 406 g/mol. The number of piperazine rings is 1. The first-order chi connectivity index (χ1) is 13.0. The van der Waals surface area contributed by atoms with E-state index in [1.54, 1.807) is 11.3 Å². The summed E-state index contributed by atoms with van der Waals surface area (Å²) in [5.74, 6) is -0.0257. The maximum Gasteiger partial charge on any atom is 0.225 e. The molecule has 1 fully saturated rings. The highest BCUT2D eigenvalue weighted by Gasteiger charge is 2.25. The summed E-state index contributed by atoms with van der Waals surface area (Å²) in [6, 6.07) is 11.5. The molecule has 3 rings (SSSR count). The fourth-order valence-electron chi connectivity index (χ4n) is 3.26. The predicted octanol–water partition coefficient (Wildman–Crippen LogP) is 3.31. The molecule has 27 heavy (non-hydrogen) atoms. The molecule has 5 nitrogen and oxygen atoms in total. The Morgan fingerprint density at radius 1 is 1.15 bits per heavy atom. The third-order valence-corrected chi connectivity index (χ3v) is 5.93. The Morgan fingerprint density at radius 2 is 1.85 bits per heavy atom. The second kappa shape index (κ2) is 9.35. The number of halogens is 1. The zero-order valence-corrected chi connectivity index (χ0v) is 16.9. The zero-order valence-electron chi connectivity index (χ0n) is 15.4. The van der Waals surface area contributed by atoms with Gasteiger partial charge in [-0.15, -0.1) is 11.3 Å². The summed E-state index contributed by atoms with van der Waals surface area (Å²) >= 11 is 7.50. The van der Waals surface area contributed by atoms with Crippen LogP contribution in [0.1, 0.15) is 29.8 Å². The third kappa shape index (κ3) is 5.79. The molecule has 0 saturated carbocycles. The Bertz CT molecular complexity index is 756. The lowest BCUT2D eigenvalue weighted by molar-refractivity contribution is -0.133. The van der Waals surface area contributed by atoms with Crippen molar-refractivity contribution in [2.45, 2.75) is 25.9 Å². The quantitative estimate of drug-likeness (QED) is 0.802. The Balaban J connectivity index is 1.51. The lowest BCUT2D eigenvalue weighted by Gasteiger charge is -2.35. The number of amides is 2. The number of benzene rings is 1. The minimum atomic E-state index is -0.248. The number of nitrogens with one attached hydrogen (secondary N) is 1. The Hall–Kier alpha value is -1.89. The van der Waals surface area contributed by atoms with Crippen molar-refractivity contribution in [2.24, 2.45) is 0 Å². The summed E-state index contributed by atoms with van der Waals surface area (Å²) in [4.78, 5) is 29.5. The van der Waals surface area contributed by atoms with Crippen LogP contribution in [0.25, 0.3) is 0 Å². The number of hydrogen-bond donors (Lipinski definition) is 1. The van der Waals surface area contributed by atoms with Gasteiger partial charge in [-0.2, -0.15) is 0 Å². The van der Waals surface area contributed by atoms with Crippen LogP contribution in [0.5, 0.6) is 0 Å². The van der Waals surface area contributed by atoms with Crippen molar-refractivity contribution in [1.29, 1.82) is 0 Å². The molecule has 1 aliphatic rings. The van der Waals surface area contributed by atoms with E-state index < -0.39 is 0 Å². The second-order valence-electron chi connectivity index (χ2n) is 6.76. The van der Waals surface area contributed by atoms with E-state index in [4.69, 9.17) is 11.6 Å². The monoisotopic (exact) mass is 405 g/mol. The standard InChI is InChI=1S/C20H24ClN3O2S/c1-15(25)22-18(19-3-2-12-27-19)13-20(26)24-10-8-23(9-11-24)14-16-4-6-17(21)7-5-16/h2-7,12,18H,8-11,13-14H2,1H3,(H,22,25). The number of rotatable bonds is 6. The van der Waals surface area contributed by atoms with Gasteiger partial charge in [0.15, 0.2) is 0 Å². The largest absolute Gasteiger partial charge is 0.348 e. The molecule has 7 heteroatoms. The topological polar surface area (TPSA) is 52.7 Å². The molecular formula is C20H24ClN3O2S. The molecule has 1 aliphatic heterocycles. The van der Waals surface area contributed by atoms with E-state index in [9.17, 15) is 9.59 Å². The molecule has 1 aromatic carbocycles. The summed E-state index contributed by atoms with van der Waals surface area (Å²) in [7, 11) is 0. The van der Waals surface area contributed by atoms with Crippen LogP contribution in [0.4, 0.5) is 0 Å². The minimum absolute atomic E-state index is 0.0910. The normalized spacial score (nSPS) is 16.1. The first-order valence-electron chi connectivity index (χ1n) is 9.06. The molecule has 1 aromatic heterocycles. The van der Waals surface area contributed by atoms with Crippen LogP contribution in [0.3, 0.4) is 0 Å². The molecule has 1 saturated heterocycles. The summed E-state index contributed by atoms with van der Waals surface area (Å²) in [6.45, 7) is 5.47. The van der Waals surface area contributed by atoms with E-state index in [1.165, 1.54) is 12.5 Å². The Morgan fingerprint density at radius 3 is 2.44 bits per heavy atom. The Labute approximate surface area is 168 Å². The van der Waals surface area contributed by atoms with Crippen LogP contribution in [0.2, 0.25) is 5.02 Å². The van der Waals surface area contributed by atoms with Gasteiger partial charge in [0.05, 0.1) is 12.5 Å². The first-order valence-corrected chi connectivity index (χ1v) is 10.3. The van der Waals surface area contributed by atoms with Crippen molar-refractivity contribution in [1.82, 2.24) is 15.1 Å². The summed E-state index contributed by atoms with van der Waals surface area (Å²) in [5.41, 5.74) is 1.22. The van der Waals surface area contributed by atoms with E-state index in [0.29, 0.717) is 19.5 Å². The van der Waals surface area contributed by atoms with Gasteiger partial charge in [-0.05, 0) is 29.1 Å². The van der Waals surface area contributed by atoms with E-state index in [-0.39, 0.29) is 17.9 Å².